The molecule has 5 aromatic rings. The molecule has 6 rings (SSSR count). The fourth-order valence-electron chi connectivity index (χ4n) is 4.68. The van der Waals surface area contributed by atoms with E-state index in [1.807, 2.05) is 31.2 Å². The number of methoxy groups -OCH3 is 1. The standard InChI is InChI=1S/C27H23N5O4S/c1-15-8-19(24-21(9-15)30-23(35-2)12-29-24)26-31-20-5-6-22-18(25(20)37-26)10-17(36-22)14-32(27(33)34)13-16-4-3-7-28-11-16/h3-9,11-12,17H,10,13-14H2,1-2H3,(H,33,34). The Kier molecular flexibility index (Phi) is 5.80. The smallest absolute Gasteiger partial charge is 0.407 e. The predicted molar refractivity (Wildman–Crippen MR) is 140 cm³/mol. The van der Waals surface area contributed by atoms with Gasteiger partial charge >= 0.3 is 6.09 Å². The topological polar surface area (TPSA) is 111 Å². The fourth-order valence-corrected chi connectivity index (χ4v) is 5.80. The van der Waals surface area contributed by atoms with Gasteiger partial charge in [-0.3, -0.25) is 4.98 Å². The lowest BCUT2D eigenvalue weighted by Gasteiger charge is -2.22. The number of fused-ring (bicyclic) bond motifs is 4. The number of carbonyl (C=O) groups is 1. The summed E-state index contributed by atoms with van der Waals surface area (Å²) in [6.07, 6.45) is 4.30. The van der Waals surface area contributed by atoms with Crippen LogP contribution in [0.5, 0.6) is 11.6 Å². The van der Waals surface area contributed by atoms with Crippen LogP contribution in [0.2, 0.25) is 0 Å². The molecule has 1 aliphatic heterocycles. The van der Waals surface area contributed by atoms with Crippen LogP contribution < -0.4 is 9.47 Å². The number of thiazole rings is 1. The highest BCUT2D eigenvalue weighted by Gasteiger charge is 2.29. The lowest BCUT2D eigenvalue weighted by atomic mass is 10.1. The molecule has 2 aromatic carbocycles. The van der Waals surface area contributed by atoms with Crippen molar-refractivity contribution < 1.29 is 19.4 Å². The SMILES string of the molecule is COc1cnc2c(-c3nc4ccc5c(c4s3)CC(CN(Cc3cccnc3)C(=O)O)O5)cc(C)cc2n1. The Balaban J connectivity index is 1.31. The molecule has 0 saturated heterocycles. The zero-order valence-corrected chi connectivity index (χ0v) is 21.0. The number of aryl methyl sites for hydroxylation is 1. The van der Waals surface area contributed by atoms with Crippen molar-refractivity contribution in [2.24, 2.45) is 0 Å². The molecule has 10 heteroatoms. The Morgan fingerprint density at radius 2 is 2.11 bits per heavy atom. The van der Waals surface area contributed by atoms with Crippen molar-refractivity contribution in [1.82, 2.24) is 24.8 Å². The molecule has 4 heterocycles. The van der Waals surface area contributed by atoms with E-state index in [1.165, 1.54) is 4.90 Å². The van der Waals surface area contributed by atoms with E-state index >= 15 is 0 Å². The maximum Gasteiger partial charge on any atom is 0.407 e. The van der Waals surface area contributed by atoms with Gasteiger partial charge in [-0.15, -0.1) is 11.3 Å². The van der Waals surface area contributed by atoms with Gasteiger partial charge in [0.1, 0.15) is 16.9 Å². The normalized spacial score (nSPS) is 14.5. The minimum Gasteiger partial charge on any atom is -0.488 e. The van der Waals surface area contributed by atoms with Gasteiger partial charge in [-0.05, 0) is 48.4 Å². The Bertz CT molecular complexity index is 1640. The van der Waals surface area contributed by atoms with Crippen LogP contribution in [0, 0.1) is 6.92 Å². The lowest BCUT2D eigenvalue weighted by Crippen LogP contribution is -2.37. The van der Waals surface area contributed by atoms with Crippen molar-refractivity contribution in [3.63, 3.8) is 0 Å². The number of hydrogen-bond donors (Lipinski definition) is 1. The highest BCUT2D eigenvalue weighted by atomic mass is 32.1. The highest BCUT2D eigenvalue weighted by Crippen LogP contribution is 2.41. The van der Waals surface area contributed by atoms with Gasteiger partial charge in [0.25, 0.3) is 0 Å². The third-order valence-corrected chi connectivity index (χ3v) is 7.51. The van der Waals surface area contributed by atoms with E-state index in [4.69, 9.17) is 14.5 Å². The van der Waals surface area contributed by atoms with Crippen LogP contribution >= 0.6 is 11.3 Å². The summed E-state index contributed by atoms with van der Waals surface area (Å²) in [5.74, 6) is 1.24. The van der Waals surface area contributed by atoms with Crippen molar-refractivity contribution in [3.05, 3.63) is 71.7 Å². The number of pyridine rings is 1. The Morgan fingerprint density at radius 1 is 1.22 bits per heavy atom. The zero-order valence-electron chi connectivity index (χ0n) is 20.2. The number of ether oxygens (including phenoxy) is 2. The molecule has 1 amide bonds. The molecular formula is C27H23N5O4S. The summed E-state index contributed by atoms with van der Waals surface area (Å²) in [5.41, 5.74) is 6.27. The molecule has 1 aliphatic rings. The molecule has 1 N–H and O–H groups in total. The number of hydrogen-bond acceptors (Lipinski definition) is 8. The molecule has 37 heavy (non-hydrogen) atoms. The Hall–Kier alpha value is -4.31. The van der Waals surface area contributed by atoms with Gasteiger partial charge in [-0.25, -0.2) is 19.7 Å². The molecule has 186 valence electrons. The second-order valence-electron chi connectivity index (χ2n) is 8.97. The molecule has 0 radical (unpaired) electrons. The number of amides is 1. The van der Waals surface area contributed by atoms with E-state index in [1.54, 1.807) is 43.1 Å². The van der Waals surface area contributed by atoms with Gasteiger partial charge in [-0.2, -0.15) is 0 Å². The second kappa shape index (κ2) is 9.29. The fraction of sp³-hybridized carbons (Fsp3) is 0.222. The second-order valence-corrected chi connectivity index (χ2v) is 9.97. The van der Waals surface area contributed by atoms with E-state index in [0.717, 1.165) is 54.3 Å². The van der Waals surface area contributed by atoms with E-state index in [9.17, 15) is 9.90 Å². The quantitative estimate of drug-likeness (QED) is 0.334. The van der Waals surface area contributed by atoms with Crippen LogP contribution in [-0.2, 0) is 13.0 Å². The summed E-state index contributed by atoms with van der Waals surface area (Å²) in [7, 11) is 1.57. The van der Waals surface area contributed by atoms with E-state index in [-0.39, 0.29) is 19.2 Å². The summed E-state index contributed by atoms with van der Waals surface area (Å²) >= 11 is 1.59. The van der Waals surface area contributed by atoms with Crippen molar-refractivity contribution in [3.8, 4) is 22.2 Å². The van der Waals surface area contributed by atoms with E-state index < -0.39 is 6.09 Å². The molecule has 0 aliphatic carbocycles. The summed E-state index contributed by atoms with van der Waals surface area (Å²) in [6, 6.07) is 11.6. The minimum atomic E-state index is -0.988. The van der Waals surface area contributed by atoms with Crippen LogP contribution in [0.25, 0.3) is 31.8 Å². The number of nitrogens with zero attached hydrogens (tertiary/aromatic N) is 5. The van der Waals surface area contributed by atoms with E-state index in [0.29, 0.717) is 12.3 Å². The first-order valence-corrected chi connectivity index (χ1v) is 12.6. The van der Waals surface area contributed by atoms with Crippen LogP contribution in [0.3, 0.4) is 0 Å². The molecule has 0 fully saturated rings. The average Bonchev–Trinajstić information content (AvgIpc) is 3.51. The first kappa shape index (κ1) is 23.1. The first-order chi connectivity index (χ1) is 18.0. The number of benzene rings is 2. The number of rotatable bonds is 6. The van der Waals surface area contributed by atoms with Crippen LogP contribution in [-0.4, -0.2) is 55.8 Å². The van der Waals surface area contributed by atoms with Crippen molar-refractivity contribution in [2.75, 3.05) is 13.7 Å². The molecule has 0 bridgehead atoms. The molecule has 1 atom stereocenters. The van der Waals surface area contributed by atoms with Crippen molar-refractivity contribution >= 4 is 38.7 Å². The van der Waals surface area contributed by atoms with Gasteiger partial charge < -0.3 is 19.5 Å². The largest absolute Gasteiger partial charge is 0.488 e. The summed E-state index contributed by atoms with van der Waals surface area (Å²) in [6.45, 7) is 2.53. The van der Waals surface area contributed by atoms with Crippen LogP contribution in [0.15, 0.2) is 55.0 Å². The van der Waals surface area contributed by atoms with Crippen molar-refractivity contribution in [2.45, 2.75) is 26.0 Å². The molecule has 0 saturated carbocycles. The monoisotopic (exact) mass is 513 g/mol. The summed E-state index contributed by atoms with van der Waals surface area (Å²) in [4.78, 5) is 31.5. The molecule has 9 nitrogen and oxygen atoms in total. The minimum absolute atomic E-state index is 0.256. The summed E-state index contributed by atoms with van der Waals surface area (Å²) < 4.78 is 12.5. The maximum absolute atomic E-state index is 11.9. The maximum atomic E-state index is 11.9. The molecule has 3 aromatic heterocycles. The average molecular weight is 514 g/mol. The van der Waals surface area contributed by atoms with Gasteiger partial charge in [0.05, 0.1) is 47.6 Å². The third kappa shape index (κ3) is 4.40. The highest BCUT2D eigenvalue weighted by molar-refractivity contribution is 7.22. The van der Waals surface area contributed by atoms with E-state index in [2.05, 4.69) is 21.0 Å². The predicted octanol–water partition coefficient (Wildman–Crippen LogP) is 5.10. The van der Waals surface area contributed by atoms with Gasteiger partial charge in [0.15, 0.2) is 0 Å². The lowest BCUT2D eigenvalue weighted by molar-refractivity contribution is 0.113. The first-order valence-electron chi connectivity index (χ1n) is 11.8. The number of carboxylic acid groups (broad SMARTS) is 1. The van der Waals surface area contributed by atoms with Gasteiger partial charge in [-0.1, -0.05) is 6.07 Å². The zero-order chi connectivity index (χ0) is 25.5. The molecule has 0 spiro atoms. The Morgan fingerprint density at radius 3 is 2.89 bits per heavy atom. The van der Waals surface area contributed by atoms with Crippen LogP contribution in [0.4, 0.5) is 4.79 Å². The summed E-state index contributed by atoms with van der Waals surface area (Å²) in [5, 5.41) is 10.6. The number of aromatic nitrogens is 4. The van der Waals surface area contributed by atoms with Crippen LogP contribution in [0.1, 0.15) is 16.7 Å². The van der Waals surface area contributed by atoms with Gasteiger partial charge in [0.2, 0.25) is 5.88 Å². The molecule has 1 unspecified atom stereocenters. The third-order valence-electron chi connectivity index (χ3n) is 6.34. The molecular weight excluding hydrogens is 490 g/mol. The van der Waals surface area contributed by atoms with Crippen molar-refractivity contribution in [1.29, 1.82) is 0 Å². The van der Waals surface area contributed by atoms with Gasteiger partial charge in [0, 0.05) is 29.9 Å². The Labute approximate surface area is 216 Å².